The van der Waals surface area contributed by atoms with Gasteiger partial charge in [-0.05, 0) is 96.0 Å². The first kappa shape index (κ1) is 65.0. The number of anilines is 1. The van der Waals surface area contributed by atoms with Crippen molar-refractivity contribution in [3.8, 4) is 0 Å². The Hall–Kier alpha value is -4.10. The second-order valence-electron chi connectivity index (χ2n) is 17.5. The van der Waals surface area contributed by atoms with Crippen LogP contribution in [0.2, 0.25) is 0 Å². The molecule has 1 aromatic heterocycles. The SMILES string of the molecule is CCCCCCCC/C=C\C/C=C\C/C=C\CCCC(=O)OC[C@H](COP(=O)(O)OP(=O)(O)OC[C@H]1O[C@@H](n2ccc(N)nc2=O)[C@H](O)[C@@H]1O)OC(=O)CCC/C=C\C/C=C\C/C=C\C/C=C\CC[C@H](O)CC. The van der Waals surface area contributed by atoms with Gasteiger partial charge in [0, 0.05) is 19.0 Å². The number of rotatable bonds is 41. The van der Waals surface area contributed by atoms with Gasteiger partial charge in [0.1, 0.15) is 30.7 Å². The van der Waals surface area contributed by atoms with E-state index in [4.69, 9.17) is 29.0 Å². The third kappa shape index (κ3) is 32.1. The fourth-order valence-corrected chi connectivity index (χ4v) is 9.06. The molecule has 1 fully saturated rings. The molecule has 0 aliphatic carbocycles. The van der Waals surface area contributed by atoms with Crippen molar-refractivity contribution in [2.45, 2.75) is 185 Å². The third-order valence-corrected chi connectivity index (χ3v) is 13.7. The van der Waals surface area contributed by atoms with Crippen molar-refractivity contribution in [1.29, 1.82) is 0 Å². The van der Waals surface area contributed by atoms with Gasteiger partial charge in [0.05, 0.1) is 19.3 Å². The van der Waals surface area contributed by atoms with E-state index in [2.05, 4.69) is 70.9 Å². The van der Waals surface area contributed by atoms with Gasteiger partial charge in [-0.3, -0.25) is 23.2 Å². The summed E-state index contributed by atoms with van der Waals surface area (Å²) in [5, 5.41) is 30.5. The first-order valence-electron chi connectivity index (χ1n) is 25.7. The van der Waals surface area contributed by atoms with E-state index in [9.17, 15) is 48.6 Å². The molecule has 2 unspecified atom stereocenters. The van der Waals surface area contributed by atoms with E-state index >= 15 is 0 Å². The molecule has 1 aromatic rings. The van der Waals surface area contributed by atoms with Crippen LogP contribution >= 0.6 is 15.6 Å². The van der Waals surface area contributed by atoms with Crippen LogP contribution in [0.1, 0.15) is 155 Å². The number of nitrogens with two attached hydrogens (primary N) is 1. The number of aliphatic hydroxyl groups is 3. The maximum Gasteiger partial charge on any atom is 0.481 e. The summed E-state index contributed by atoms with van der Waals surface area (Å²) in [5.41, 5.74) is 4.57. The summed E-state index contributed by atoms with van der Waals surface area (Å²) in [4.78, 5) is 61.9. The molecule has 1 saturated heterocycles. The van der Waals surface area contributed by atoms with E-state index in [0.29, 0.717) is 32.1 Å². The number of phosphoric ester groups is 2. The molecular weight excluding hydrogens is 985 g/mol. The molecule has 0 amide bonds. The maximum atomic E-state index is 12.8. The Bertz CT molecular complexity index is 2070. The standard InChI is InChI=1S/C52H83N3O16P2/c1-3-5-6-7-8-9-10-11-12-13-14-18-21-24-27-30-33-36-47(57)66-40-44(69-48(58)37-34-31-28-25-22-19-16-15-17-20-23-26-29-32-35-43(56)4-2)41-67-72(62,63)71-73(64,65)68-42-45-49(59)50(60)51(70-45)55-39-38-46(53)54-52(55)61/h11-12,14,16-20,24-29,38-39,43-45,49-51,56,59-60H,3-10,13,15,21-23,30-37,40-42H2,1-2H3,(H,62,63)(H,64,65)(H2,53,54,61)/b12-11-,18-14-,19-16-,20-17-,27-24-,28-25-,29-26-/t43-,44-,45-,49-,50-,51-/m1/s1. The van der Waals surface area contributed by atoms with E-state index in [-0.39, 0.29) is 24.8 Å². The normalized spacial score (nSPS) is 20.1. The Morgan fingerprint density at radius 1 is 0.712 bits per heavy atom. The Morgan fingerprint density at radius 2 is 1.22 bits per heavy atom. The van der Waals surface area contributed by atoms with Crippen LogP contribution in [0.3, 0.4) is 0 Å². The molecule has 8 atom stereocenters. The highest BCUT2D eigenvalue weighted by atomic mass is 31.3. The van der Waals surface area contributed by atoms with E-state index in [1.165, 1.54) is 44.6 Å². The van der Waals surface area contributed by atoms with Crippen molar-refractivity contribution >= 4 is 33.4 Å². The van der Waals surface area contributed by atoms with Crippen molar-refractivity contribution in [2.24, 2.45) is 0 Å². The largest absolute Gasteiger partial charge is 0.481 e. The molecule has 0 bridgehead atoms. The van der Waals surface area contributed by atoms with Gasteiger partial charge in [-0.25, -0.2) is 13.9 Å². The lowest BCUT2D eigenvalue weighted by Crippen LogP contribution is -2.36. The van der Waals surface area contributed by atoms with Gasteiger partial charge in [0.2, 0.25) is 0 Å². The Balaban J connectivity index is 1.85. The molecular formula is C52H83N3O16P2. The van der Waals surface area contributed by atoms with E-state index < -0.39 is 83.7 Å². The van der Waals surface area contributed by atoms with Crippen LogP contribution in [-0.2, 0) is 46.3 Å². The number of aromatic nitrogens is 2. The summed E-state index contributed by atoms with van der Waals surface area (Å²) in [7, 11) is -10.9. The molecule has 0 saturated carbocycles. The number of esters is 2. The Morgan fingerprint density at radius 3 is 1.78 bits per heavy atom. The van der Waals surface area contributed by atoms with Crippen LogP contribution in [-0.4, -0.2) is 96.9 Å². The molecule has 0 spiro atoms. The first-order chi connectivity index (χ1) is 35.1. The van der Waals surface area contributed by atoms with Crippen LogP contribution in [0.15, 0.2) is 102 Å². The first-order valence-corrected chi connectivity index (χ1v) is 28.7. The predicted octanol–water partition coefficient (Wildman–Crippen LogP) is 9.64. The molecule has 412 valence electrons. The number of unbranched alkanes of at least 4 members (excludes halogenated alkanes) is 8. The number of allylic oxidation sites excluding steroid dienone is 14. The fraction of sp³-hybridized carbons (Fsp3) is 0.615. The third-order valence-electron chi connectivity index (χ3n) is 11.1. The van der Waals surface area contributed by atoms with Crippen LogP contribution in [0.4, 0.5) is 5.82 Å². The van der Waals surface area contributed by atoms with E-state index in [1.54, 1.807) is 0 Å². The van der Waals surface area contributed by atoms with Gasteiger partial charge in [-0.2, -0.15) is 9.29 Å². The van der Waals surface area contributed by atoms with Gasteiger partial charge in [0.25, 0.3) is 0 Å². The molecule has 1 aliphatic heterocycles. The fourth-order valence-electron chi connectivity index (χ4n) is 6.95. The highest BCUT2D eigenvalue weighted by Crippen LogP contribution is 2.60. The summed E-state index contributed by atoms with van der Waals surface area (Å²) in [6.07, 6.45) is 39.1. The topological polar surface area (TPSA) is 286 Å². The zero-order valence-corrected chi connectivity index (χ0v) is 44.6. The van der Waals surface area contributed by atoms with Gasteiger partial charge in [-0.15, -0.1) is 0 Å². The van der Waals surface area contributed by atoms with Crippen molar-refractivity contribution in [2.75, 3.05) is 25.6 Å². The lowest BCUT2D eigenvalue weighted by atomic mass is 10.1. The molecule has 1 aliphatic rings. The number of phosphoric acid groups is 2. The number of nitrogens with zero attached hydrogens (tertiary/aromatic N) is 2. The summed E-state index contributed by atoms with van der Waals surface area (Å²) in [6.45, 7) is 1.75. The molecule has 73 heavy (non-hydrogen) atoms. The number of carbonyl (C=O) groups is 2. The quantitative estimate of drug-likeness (QED) is 0.0154. The molecule has 19 nitrogen and oxygen atoms in total. The number of aliphatic hydroxyl groups excluding tert-OH is 3. The van der Waals surface area contributed by atoms with Crippen LogP contribution < -0.4 is 11.4 Å². The predicted molar refractivity (Wildman–Crippen MR) is 281 cm³/mol. The van der Waals surface area contributed by atoms with Crippen molar-refractivity contribution in [3.05, 3.63) is 108 Å². The highest BCUT2D eigenvalue weighted by molar-refractivity contribution is 7.61. The van der Waals surface area contributed by atoms with Gasteiger partial charge in [0.15, 0.2) is 12.3 Å². The van der Waals surface area contributed by atoms with E-state index in [1.807, 2.05) is 37.3 Å². The second kappa shape index (κ2) is 39.3. The molecule has 2 rings (SSSR count). The second-order valence-corrected chi connectivity index (χ2v) is 20.5. The zero-order valence-electron chi connectivity index (χ0n) is 42.8. The zero-order chi connectivity index (χ0) is 53.6. The minimum Gasteiger partial charge on any atom is -0.462 e. The number of ether oxygens (including phenoxy) is 3. The highest BCUT2D eigenvalue weighted by Gasteiger charge is 2.46. The van der Waals surface area contributed by atoms with Gasteiger partial charge >= 0.3 is 33.3 Å². The number of carbonyl (C=O) groups excluding carboxylic acids is 2. The average molecular weight is 1070 g/mol. The smallest absolute Gasteiger partial charge is 0.462 e. The van der Waals surface area contributed by atoms with Crippen LogP contribution in [0.25, 0.3) is 0 Å². The minimum atomic E-state index is -5.46. The lowest BCUT2D eigenvalue weighted by Gasteiger charge is -2.21. The van der Waals surface area contributed by atoms with Gasteiger partial charge < -0.3 is 45.1 Å². The molecule has 7 N–H and O–H groups in total. The van der Waals surface area contributed by atoms with Crippen molar-refractivity contribution < 1.29 is 71.4 Å². The number of nitrogen functional groups attached to an aromatic ring is 1. The Labute approximate surface area is 431 Å². The molecule has 0 radical (unpaired) electrons. The average Bonchev–Trinajstić information content (AvgIpc) is 3.63. The van der Waals surface area contributed by atoms with Crippen molar-refractivity contribution in [1.82, 2.24) is 9.55 Å². The van der Waals surface area contributed by atoms with Crippen LogP contribution in [0, 0.1) is 0 Å². The Kier molecular flexibility index (Phi) is 35.0. The van der Waals surface area contributed by atoms with E-state index in [0.717, 1.165) is 62.1 Å². The summed E-state index contributed by atoms with van der Waals surface area (Å²) < 4.78 is 56.6. The molecule has 2 heterocycles. The monoisotopic (exact) mass is 1070 g/mol. The maximum absolute atomic E-state index is 12.8. The van der Waals surface area contributed by atoms with Crippen molar-refractivity contribution in [3.63, 3.8) is 0 Å². The lowest BCUT2D eigenvalue weighted by molar-refractivity contribution is -0.161. The number of hydrogen-bond acceptors (Lipinski definition) is 16. The van der Waals surface area contributed by atoms with Crippen LogP contribution in [0.5, 0.6) is 0 Å². The summed E-state index contributed by atoms with van der Waals surface area (Å²) in [6, 6.07) is 1.24. The molecule has 0 aromatic carbocycles. The van der Waals surface area contributed by atoms with Gasteiger partial charge in [-0.1, -0.05) is 131 Å². The minimum absolute atomic E-state index is 0.0324. The molecule has 21 heteroatoms. The number of hydrogen-bond donors (Lipinski definition) is 6. The summed E-state index contributed by atoms with van der Waals surface area (Å²) >= 11 is 0. The summed E-state index contributed by atoms with van der Waals surface area (Å²) in [5.74, 6) is -1.46.